The first-order valence-corrected chi connectivity index (χ1v) is 12.6. The van der Waals surface area contributed by atoms with Gasteiger partial charge >= 0.3 is 5.69 Å². The van der Waals surface area contributed by atoms with E-state index in [9.17, 15) is 18.0 Å². The van der Waals surface area contributed by atoms with Gasteiger partial charge in [-0.05, 0) is 56.0 Å². The molecule has 2 aromatic carbocycles. The van der Waals surface area contributed by atoms with E-state index >= 15 is 0 Å². The van der Waals surface area contributed by atoms with Crippen molar-refractivity contribution in [2.75, 3.05) is 11.9 Å². The first-order valence-electron chi connectivity index (χ1n) is 11.2. The molecule has 0 bridgehead atoms. The molecule has 8 nitrogen and oxygen atoms in total. The Kier molecular flexibility index (Phi) is 6.62. The molecule has 0 saturated carbocycles. The van der Waals surface area contributed by atoms with E-state index in [4.69, 9.17) is 0 Å². The molecule has 1 aliphatic heterocycles. The van der Waals surface area contributed by atoms with E-state index in [-0.39, 0.29) is 23.4 Å². The van der Waals surface area contributed by atoms with Gasteiger partial charge in [0, 0.05) is 29.9 Å². The van der Waals surface area contributed by atoms with E-state index in [2.05, 4.69) is 10.3 Å². The Morgan fingerprint density at radius 3 is 2.73 bits per heavy atom. The van der Waals surface area contributed by atoms with Gasteiger partial charge in [0.15, 0.2) is 0 Å². The summed E-state index contributed by atoms with van der Waals surface area (Å²) in [7, 11) is -3.66. The van der Waals surface area contributed by atoms with Gasteiger partial charge in [0.25, 0.3) is 0 Å². The molecule has 3 aromatic rings. The Labute approximate surface area is 193 Å². The number of hydrogen-bond acceptors (Lipinski definition) is 5. The normalized spacial score (nSPS) is 17.2. The molecule has 1 fully saturated rings. The number of benzene rings is 2. The summed E-state index contributed by atoms with van der Waals surface area (Å²) in [6, 6.07) is 12.0. The summed E-state index contributed by atoms with van der Waals surface area (Å²) in [5.41, 5.74) is 1.59. The lowest BCUT2D eigenvalue weighted by Gasteiger charge is -2.32. The molecule has 1 saturated heterocycles. The average molecular weight is 469 g/mol. The summed E-state index contributed by atoms with van der Waals surface area (Å²) in [5.74, 6) is -0.355. The van der Waals surface area contributed by atoms with E-state index in [1.165, 1.54) is 22.9 Å². The fourth-order valence-corrected chi connectivity index (χ4v) is 6.08. The van der Waals surface area contributed by atoms with Gasteiger partial charge in [-0.2, -0.15) is 4.31 Å². The highest BCUT2D eigenvalue weighted by atomic mass is 32.2. The molecule has 0 spiro atoms. The maximum Gasteiger partial charge on any atom is 0.348 e. The number of rotatable bonds is 6. The van der Waals surface area contributed by atoms with Crippen molar-refractivity contribution in [2.45, 2.75) is 57.0 Å². The molecule has 174 valence electrons. The van der Waals surface area contributed by atoms with Crippen molar-refractivity contribution in [1.82, 2.24) is 13.9 Å². The summed E-state index contributed by atoms with van der Waals surface area (Å²) in [4.78, 5) is 29.2. The standard InChI is InChI=1S/C24H28N4O4S/c1-3-18-9-4-5-10-21(18)26-23(29)16-27-22-12-11-20(14-19(22)15-25-24(27)30)33(31,32)28-13-7-6-8-17(28)2/h4-5,9-12,14-15,17H,3,6-8,13,16H2,1-2H3,(H,26,29)/t17-/m0/s1. The molecule has 0 unspecified atom stereocenters. The number of carbonyl (C=O) groups is 1. The summed E-state index contributed by atoms with van der Waals surface area (Å²) < 4.78 is 29.2. The second-order valence-electron chi connectivity index (χ2n) is 8.37. The van der Waals surface area contributed by atoms with Gasteiger partial charge in [0.2, 0.25) is 15.9 Å². The fraction of sp³-hybridized carbons (Fsp3) is 0.375. The highest BCUT2D eigenvalue weighted by Gasteiger charge is 2.31. The van der Waals surface area contributed by atoms with E-state index in [1.807, 2.05) is 38.1 Å². The van der Waals surface area contributed by atoms with Gasteiger partial charge in [-0.1, -0.05) is 31.5 Å². The highest BCUT2D eigenvalue weighted by molar-refractivity contribution is 7.89. The highest BCUT2D eigenvalue weighted by Crippen LogP contribution is 2.27. The monoisotopic (exact) mass is 468 g/mol. The van der Waals surface area contributed by atoms with Gasteiger partial charge in [0.05, 0.1) is 10.4 Å². The van der Waals surface area contributed by atoms with Crippen molar-refractivity contribution in [1.29, 1.82) is 0 Å². The molecule has 9 heteroatoms. The fourth-order valence-electron chi connectivity index (χ4n) is 4.34. The number of fused-ring (bicyclic) bond motifs is 1. The molecule has 1 aromatic heterocycles. The van der Waals surface area contributed by atoms with Crippen LogP contribution < -0.4 is 11.0 Å². The summed E-state index contributed by atoms with van der Waals surface area (Å²) in [5, 5.41) is 3.34. The minimum absolute atomic E-state index is 0.0544. The van der Waals surface area contributed by atoms with Crippen molar-refractivity contribution >= 4 is 32.5 Å². The second-order valence-corrected chi connectivity index (χ2v) is 10.3. The van der Waals surface area contributed by atoms with Crippen LogP contribution in [0.3, 0.4) is 0 Å². The maximum absolute atomic E-state index is 13.2. The minimum Gasteiger partial charge on any atom is -0.324 e. The molecule has 4 rings (SSSR count). The molecule has 1 atom stereocenters. The van der Waals surface area contributed by atoms with Crippen molar-refractivity contribution in [3.63, 3.8) is 0 Å². The van der Waals surface area contributed by atoms with Crippen LogP contribution in [0.4, 0.5) is 5.69 Å². The smallest absolute Gasteiger partial charge is 0.324 e. The van der Waals surface area contributed by atoms with Crippen LogP contribution in [-0.4, -0.2) is 40.8 Å². The molecule has 1 aliphatic rings. The van der Waals surface area contributed by atoms with Crippen LogP contribution in [-0.2, 0) is 27.8 Å². The molecule has 2 heterocycles. The zero-order valence-electron chi connectivity index (χ0n) is 18.8. The first-order chi connectivity index (χ1) is 15.8. The topological polar surface area (TPSA) is 101 Å². The minimum atomic E-state index is -3.66. The first kappa shape index (κ1) is 23.1. The van der Waals surface area contributed by atoms with Crippen molar-refractivity contribution in [3.05, 3.63) is 64.7 Å². The molecular formula is C24H28N4O4S. The molecule has 1 amide bonds. The summed E-state index contributed by atoms with van der Waals surface area (Å²) >= 11 is 0. The number of nitrogens with zero attached hydrogens (tertiary/aromatic N) is 3. The number of piperidine rings is 1. The molecule has 33 heavy (non-hydrogen) atoms. The van der Waals surface area contributed by atoms with Crippen LogP contribution in [0.2, 0.25) is 0 Å². The summed E-state index contributed by atoms with van der Waals surface area (Å²) in [6.45, 7) is 4.20. The zero-order valence-corrected chi connectivity index (χ0v) is 19.6. The van der Waals surface area contributed by atoms with Crippen LogP contribution in [0, 0.1) is 0 Å². The van der Waals surface area contributed by atoms with Crippen LogP contribution in [0.15, 0.2) is 58.4 Å². The maximum atomic E-state index is 13.2. The van der Waals surface area contributed by atoms with Crippen LogP contribution in [0.1, 0.15) is 38.7 Å². The van der Waals surface area contributed by atoms with E-state index in [1.54, 1.807) is 10.4 Å². The third-order valence-electron chi connectivity index (χ3n) is 6.16. The number of anilines is 1. The number of hydrogen-bond donors (Lipinski definition) is 1. The Morgan fingerprint density at radius 2 is 1.97 bits per heavy atom. The van der Waals surface area contributed by atoms with Gasteiger partial charge in [-0.25, -0.2) is 18.2 Å². The lowest BCUT2D eigenvalue weighted by atomic mass is 10.1. The number of amides is 1. The van der Waals surface area contributed by atoms with Gasteiger partial charge in [-0.15, -0.1) is 0 Å². The lowest BCUT2D eigenvalue weighted by molar-refractivity contribution is -0.116. The molecule has 1 N–H and O–H groups in total. The predicted octanol–water partition coefficient (Wildman–Crippen LogP) is 3.16. The number of nitrogens with one attached hydrogen (secondary N) is 1. The van der Waals surface area contributed by atoms with Crippen LogP contribution in [0.5, 0.6) is 0 Å². The Morgan fingerprint density at radius 1 is 1.18 bits per heavy atom. The quantitative estimate of drug-likeness (QED) is 0.599. The molecular weight excluding hydrogens is 440 g/mol. The average Bonchev–Trinajstić information content (AvgIpc) is 2.81. The zero-order chi connectivity index (χ0) is 23.6. The van der Waals surface area contributed by atoms with Gasteiger partial charge < -0.3 is 5.32 Å². The number of aromatic nitrogens is 2. The Bertz CT molecular complexity index is 1350. The van der Waals surface area contributed by atoms with Gasteiger partial charge in [0.1, 0.15) is 6.54 Å². The van der Waals surface area contributed by atoms with Crippen molar-refractivity contribution < 1.29 is 13.2 Å². The van der Waals surface area contributed by atoms with E-state index in [0.29, 0.717) is 23.1 Å². The SMILES string of the molecule is CCc1ccccc1NC(=O)Cn1c(=O)ncc2cc(S(=O)(=O)N3CCCC[C@@H]3C)ccc21. The number of carbonyl (C=O) groups excluding carboxylic acids is 1. The largest absolute Gasteiger partial charge is 0.348 e. The number of sulfonamides is 1. The third-order valence-corrected chi connectivity index (χ3v) is 8.17. The lowest BCUT2D eigenvalue weighted by Crippen LogP contribution is -2.41. The van der Waals surface area contributed by atoms with Gasteiger partial charge in [-0.3, -0.25) is 9.36 Å². The van der Waals surface area contributed by atoms with E-state index in [0.717, 1.165) is 31.2 Å². The van der Waals surface area contributed by atoms with Crippen molar-refractivity contribution in [2.24, 2.45) is 0 Å². The molecule has 0 aliphatic carbocycles. The summed E-state index contributed by atoms with van der Waals surface area (Å²) in [6.07, 6.45) is 4.82. The Balaban J connectivity index is 1.64. The Hall–Kier alpha value is -3.04. The predicted molar refractivity (Wildman–Crippen MR) is 128 cm³/mol. The van der Waals surface area contributed by atoms with Crippen molar-refractivity contribution in [3.8, 4) is 0 Å². The third kappa shape index (κ3) is 4.69. The van der Waals surface area contributed by atoms with E-state index < -0.39 is 15.7 Å². The number of aryl methyl sites for hydroxylation is 1. The number of para-hydroxylation sites is 1. The van der Waals surface area contributed by atoms with Crippen LogP contribution in [0.25, 0.3) is 10.9 Å². The molecule has 0 radical (unpaired) electrons. The second kappa shape index (κ2) is 9.44. The van der Waals surface area contributed by atoms with Crippen LogP contribution >= 0.6 is 0 Å².